The number of carbonyl (C=O) groups is 1. The predicted octanol–water partition coefficient (Wildman–Crippen LogP) is 3.20. The number of hydrogen-bond donors (Lipinski definition) is 0. The second-order valence-corrected chi connectivity index (χ2v) is 8.02. The maximum atomic E-state index is 12.1. The van der Waals surface area contributed by atoms with Gasteiger partial charge in [0.15, 0.2) is 0 Å². The van der Waals surface area contributed by atoms with Crippen molar-refractivity contribution in [1.82, 2.24) is 4.90 Å². The number of ether oxygens (including phenoxy) is 3. The first-order valence-electron chi connectivity index (χ1n) is 8.04. The summed E-state index contributed by atoms with van der Waals surface area (Å²) in [5.74, 6) is 0.430. The van der Waals surface area contributed by atoms with E-state index in [1.807, 2.05) is 20.8 Å². The van der Waals surface area contributed by atoms with Gasteiger partial charge in [0.25, 0.3) is 0 Å². The van der Waals surface area contributed by atoms with E-state index in [2.05, 4.69) is 22.9 Å². The van der Waals surface area contributed by atoms with E-state index in [-0.39, 0.29) is 17.8 Å². The lowest BCUT2D eigenvalue weighted by Gasteiger charge is -2.42. The van der Waals surface area contributed by atoms with Crippen LogP contribution in [-0.2, 0) is 14.2 Å². The second-order valence-electron chi connectivity index (χ2n) is 7.46. The molecule has 2 heterocycles. The van der Waals surface area contributed by atoms with Crippen LogP contribution in [0.2, 0.25) is 0 Å². The van der Waals surface area contributed by atoms with Gasteiger partial charge < -0.3 is 19.1 Å². The van der Waals surface area contributed by atoms with E-state index in [0.29, 0.717) is 25.6 Å². The Kier molecular flexibility index (Phi) is 5.78. The van der Waals surface area contributed by atoms with Gasteiger partial charge in [0, 0.05) is 24.3 Å². The summed E-state index contributed by atoms with van der Waals surface area (Å²) in [5.41, 5.74) is -0.653. The highest BCUT2D eigenvalue weighted by Crippen LogP contribution is 2.33. The normalized spacial score (nSPS) is 28.7. The Morgan fingerprint density at radius 2 is 1.95 bits per heavy atom. The van der Waals surface area contributed by atoms with E-state index < -0.39 is 5.60 Å². The van der Waals surface area contributed by atoms with Crippen LogP contribution < -0.4 is 0 Å². The number of likely N-dealkylation sites (tertiary alicyclic amines) is 1. The third kappa shape index (κ3) is 4.59. The van der Waals surface area contributed by atoms with E-state index in [9.17, 15) is 4.79 Å². The van der Waals surface area contributed by atoms with Crippen LogP contribution in [-0.4, -0.2) is 59.9 Å². The Bertz CT molecular complexity index is 388. The molecule has 0 aliphatic carbocycles. The third-order valence-electron chi connectivity index (χ3n) is 4.27. The van der Waals surface area contributed by atoms with Gasteiger partial charge in [0.1, 0.15) is 5.60 Å². The highest BCUT2D eigenvalue weighted by molar-refractivity contribution is 9.09. The van der Waals surface area contributed by atoms with Crippen molar-refractivity contribution in [3.8, 4) is 0 Å². The van der Waals surface area contributed by atoms with Crippen LogP contribution >= 0.6 is 15.9 Å². The van der Waals surface area contributed by atoms with Gasteiger partial charge in [-0.1, -0.05) is 22.9 Å². The summed E-state index contributed by atoms with van der Waals surface area (Å²) in [6.07, 6.45) is 1.57. The Morgan fingerprint density at radius 3 is 2.41 bits per heavy atom. The lowest BCUT2D eigenvalue weighted by atomic mass is 9.92. The Labute approximate surface area is 141 Å². The first kappa shape index (κ1) is 18.0. The maximum Gasteiger partial charge on any atom is 0.410 e. The molecule has 0 aromatic carbocycles. The van der Waals surface area contributed by atoms with Gasteiger partial charge in [-0.3, -0.25) is 0 Å². The van der Waals surface area contributed by atoms with Gasteiger partial charge in [-0.25, -0.2) is 4.79 Å². The van der Waals surface area contributed by atoms with Crippen molar-refractivity contribution in [3.05, 3.63) is 0 Å². The Morgan fingerprint density at radius 1 is 1.32 bits per heavy atom. The molecule has 0 N–H and O–H groups in total. The minimum absolute atomic E-state index is 0.158. The average molecular weight is 378 g/mol. The summed E-state index contributed by atoms with van der Waals surface area (Å²) in [6.45, 7) is 10.6. The van der Waals surface area contributed by atoms with Crippen LogP contribution in [0.25, 0.3) is 0 Å². The number of piperidine rings is 1. The maximum absolute atomic E-state index is 12.1. The molecule has 2 atom stereocenters. The molecule has 0 radical (unpaired) electrons. The average Bonchev–Trinajstić information content (AvgIpc) is 2.83. The van der Waals surface area contributed by atoms with Crippen molar-refractivity contribution in [1.29, 1.82) is 0 Å². The molecule has 1 amide bonds. The van der Waals surface area contributed by atoms with Gasteiger partial charge in [0.2, 0.25) is 0 Å². The minimum atomic E-state index is -0.450. The molecule has 128 valence electrons. The molecule has 2 aliphatic heterocycles. The van der Waals surface area contributed by atoms with E-state index in [1.54, 1.807) is 4.90 Å². The van der Waals surface area contributed by atoms with Crippen LogP contribution in [0.1, 0.15) is 40.5 Å². The number of carbonyl (C=O) groups excluding carboxylic acids is 1. The zero-order chi connectivity index (χ0) is 16.4. The van der Waals surface area contributed by atoms with Gasteiger partial charge >= 0.3 is 6.09 Å². The molecule has 0 spiro atoms. The topological polar surface area (TPSA) is 48.0 Å². The summed E-state index contributed by atoms with van der Waals surface area (Å²) in [5, 5.41) is 0.783. The smallest absolute Gasteiger partial charge is 0.410 e. The van der Waals surface area contributed by atoms with Crippen molar-refractivity contribution in [2.45, 2.75) is 57.8 Å². The van der Waals surface area contributed by atoms with Gasteiger partial charge in [0.05, 0.1) is 24.9 Å². The predicted molar refractivity (Wildman–Crippen MR) is 88.4 cm³/mol. The molecule has 0 bridgehead atoms. The standard InChI is InChI=1S/C16H28BrNO4/c1-12-9-20-10-13(12)21-16(11-17)5-7-18(8-6-16)14(19)22-15(2,3)4/h12-13H,5-11H2,1-4H3. The monoisotopic (exact) mass is 377 g/mol. The molecule has 22 heavy (non-hydrogen) atoms. The summed E-state index contributed by atoms with van der Waals surface area (Å²) in [7, 11) is 0. The first-order chi connectivity index (χ1) is 10.2. The van der Waals surface area contributed by atoms with Gasteiger partial charge in [-0.2, -0.15) is 0 Å². The van der Waals surface area contributed by atoms with Crippen molar-refractivity contribution in [2.75, 3.05) is 31.6 Å². The van der Waals surface area contributed by atoms with E-state index in [1.165, 1.54) is 0 Å². The molecule has 5 nitrogen and oxygen atoms in total. The number of rotatable bonds is 3. The summed E-state index contributed by atoms with van der Waals surface area (Å²) in [4.78, 5) is 13.9. The quantitative estimate of drug-likeness (QED) is 0.708. The van der Waals surface area contributed by atoms with Crippen LogP contribution in [0.3, 0.4) is 0 Å². The highest BCUT2D eigenvalue weighted by atomic mass is 79.9. The highest BCUT2D eigenvalue weighted by Gasteiger charge is 2.41. The molecule has 2 rings (SSSR count). The van der Waals surface area contributed by atoms with E-state index in [0.717, 1.165) is 24.8 Å². The summed E-state index contributed by atoms with van der Waals surface area (Å²) in [6, 6.07) is 0. The molecule has 6 heteroatoms. The lowest BCUT2D eigenvalue weighted by Crippen LogP contribution is -2.52. The molecule has 2 aliphatic rings. The third-order valence-corrected chi connectivity index (χ3v) is 5.29. The number of amides is 1. The number of halogens is 1. The van der Waals surface area contributed by atoms with Gasteiger partial charge in [-0.05, 0) is 33.6 Å². The fraction of sp³-hybridized carbons (Fsp3) is 0.938. The Balaban J connectivity index is 1.89. The fourth-order valence-electron chi connectivity index (χ4n) is 2.82. The minimum Gasteiger partial charge on any atom is -0.444 e. The summed E-state index contributed by atoms with van der Waals surface area (Å²) < 4.78 is 17.3. The zero-order valence-corrected chi connectivity index (χ0v) is 15.6. The van der Waals surface area contributed by atoms with Crippen molar-refractivity contribution in [3.63, 3.8) is 0 Å². The zero-order valence-electron chi connectivity index (χ0n) is 14.1. The molecular formula is C16H28BrNO4. The molecule has 0 aromatic rings. The first-order valence-corrected chi connectivity index (χ1v) is 9.16. The molecule has 2 unspecified atom stereocenters. The van der Waals surface area contributed by atoms with Gasteiger partial charge in [-0.15, -0.1) is 0 Å². The second kappa shape index (κ2) is 7.05. The van der Waals surface area contributed by atoms with Crippen molar-refractivity contribution >= 4 is 22.0 Å². The van der Waals surface area contributed by atoms with E-state index in [4.69, 9.17) is 14.2 Å². The largest absolute Gasteiger partial charge is 0.444 e. The SMILES string of the molecule is CC1COCC1OC1(CBr)CCN(C(=O)OC(C)(C)C)CC1. The lowest BCUT2D eigenvalue weighted by molar-refractivity contribution is -0.116. The van der Waals surface area contributed by atoms with Crippen LogP contribution in [0.4, 0.5) is 4.79 Å². The molecule has 2 fully saturated rings. The van der Waals surface area contributed by atoms with Crippen LogP contribution in [0.5, 0.6) is 0 Å². The fourth-order valence-corrected chi connectivity index (χ4v) is 3.51. The molecule has 2 saturated heterocycles. The number of hydrogen-bond acceptors (Lipinski definition) is 4. The molecular weight excluding hydrogens is 350 g/mol. The van der Waals surface area contributed by atoms with E-state index >= 15 is 0 Å². The molecule has 0 aromatic heterocycles. The molecule has 0 saturated carbocycles. The van der Waals surface area contributed by atoms with Crippen molar-refractivity contribution in [2.24, 2.45) is 5.92 Å². The number of alkyl halides is 1. The van der Waals surface area contributed by atoms with Crippen LogP contribution in [0, 0.1) is 5.92 Å². The van der Waals surface area contributed by atoms with Crippen molar-refractivity contribution < 1.29 is 19.0 Å². The van der Waals surface area contributed by atoms with Crippen LogP contribution in [0.15, 0.2) is 0 Å². The Hall–Kier alpha value is -0.330. The summed E-state index contributed by atoms with van der Waals surface area (Å²) >= 11 is 3.60. The number of nitrogens with zero attached hydrogens (tertiary/aromatic N) is 1.